The molecule has 0 atom stereocenters. The van der Waals surface area contributed by atoms with Crippen LogP contribution in [-0.4, -0.2) is 48.9 Å². The first-order valence-electron chi connectivity index (χ1n) is 10.9. The predicted molar refractivity (Wildman–Crippen MR) is 129 cm³/mol. The molecule has 0 radical (unpaired) electrons. The predicted octanol–water partition coefficient (Wildman–Crippen LogP) is 3.95. The molecule has 3 aromatic rings. The van der Waals surface area contributed by atoms with E-state index in [4.69, 9.17) is 0 Å². The molecule has 1 fully saturated rings. The van der Waals surface area contributed by atoms with E-state index in [9.17, 15) is 12.8 Å². The second-order valence-electron chi connectivity index (χ2n) is 8.11. The number of sulfonamides is 1. The third-order valence-electron chi connectivity index (χ3n) is 5.70. The van der Waals surface area contributed by atoms with Crippen LogP contribution in [0.4, 0.5) is 10.2 Å². The van der Waals surface area contributed by atoms with Crippen molar-refractivity contribution in [2.75, 3.05) is 31.1 Å². The Balaban J connectivity index is 1.51. The molecule has 6 nitrogen and oxygen atoms in total. The monoisotopic (exact) mass is 466 g/mol. The Morgan fingerprint density at radius 1 is 0.970 bits per heavy atom. The molecule has 2 heterocycles. The molecule has 0 aliphatic carbocycles. The number of rotatable bonds is 6. The molecule has 2 aromatic carbocycles. The lowest BCUT2D eigenvalue weighted by Crippen LogP contribution is -2.48. The first-order chi connectivity index (χ1) is 15.8. The van der Waals surface area contributed by atoms with Gasteiger partial charge in [-0.05, 0) is 43.2 Å². The number of halogens is 1. The summed E-state index contributed by atoms with van der Waals surface area (Å²) in [7, 11) is -3.52. The fourth-order valence-electron chi connectivity index (χ4n) is 4.01. The van der Waals surface area contributed by atoms with Gasteiger partial charge in [-0.1, -0.05) is 42.5 Å². The summed E-state index contributed by atoms with van der Waals surface area (Å²) in [5.74, 6) is 1.18. The van der Waals surface area contributed by atoms with Gasteiger partial charge in [0.1, 0.15) is 17.5 Å². The van der Waals surface area contributed by atoms with Crippen LogP contribution in [0.2, 0.25) is 0 Å². The van der Waals surface area contributed by atoms with Crippen LogP contribution in [-0.2, 0) is 16.4 Å². The molecule has 0 N–H and O–H groups in total. The van der Waals surface area contributed by atoms with E-state index in [-0.39, 0.29) is 5.82 Å². The van der Waals surface area contributed by atoms with Crippen molar-refractivity contribution >= 4 is 21.9 Å². The zero-order valence-corrected chi connectivity index (χ0v) is 19.6. The van der Waals surface area contributed by atoms with E-state index in [2.05, 4.69) is 14.9 Å². The van der Waals surface area contributed by atoms with E-state index < -0.39 is 10.0 Å². The maximum Gasteiger partial charge on any atom is 0.236 e. The van der Waals surface area contributed by atoms with Crippen LogP contribution in [0, 0.1) is 19.7 Å². The van der Waals surface area contributed by atoms with Crippen molar-refractivity contribution in [3.8, 4) is 0 Å². The van der Waals surface area contributed by atoms with Crippen molar-refractivity contribution in [2.45, 2.75) is 20.3 Å². The molecule has 172 valence electrons. The number of hydrogen-bond donors (Lipinski definition) is 0. The van der Waals surface area contributed by atoms with Crippen molar-refractivity contribution < 1.29 is 12.8 Å². The Labute approximate surface area is 194 Å². The van der Waals surface area contributed by atoms with Crippen LogP contribution in [0.25, 0.3) is 6.08 Å². The van der Waals surface area contributed by atoms with Crippen LogP contribution in [0.5, 0.6) is 0 Å². The van der Waals surface area contributed by atoms with Gasteiger partial charge in [0.2, 0.25) is 10.0 Å². The van der Waals surface area contributed by atoms with Gasteiger partial charge in [-0.15, -0.1) is 0 Å². The van der Waals surface area contributed by atoms with Gasteiger partial charge < -0.3 is 4.90 Å². The van der Waals surface area contributed by atoms with Crippen molar-refractivity contribution in [3.05, 3.63) is 94.0 Å². The van der Waals surface area contributed by atoms with Gasteiger partial charge in [0.25, 0.3) is 0 Å². The van der Waals surface area contributed by atoms with Gasteiger partial charge in [-0.2, -0.15) is 4.31 Å². The Bertz CT molecular complexity index is 1250. The summed E-state index contributed by atoms with van der Waals surface area (Å²) >= 11 is 0. The molecule has 8 heteroatoms. The summed E-state index contributed by atoms with van der Waals surface area (Å²) in [6.07, 6.45) is 2.13. The second kappa shape index (κ2) is 9.80. The fraction of sp³-hybridized carbons (Fsp3) is 0.280. The van der Waals surface area contributed by atoms with E-state index >= 15 is 0 Å². The standard InChI is InChI=1S/C25H27FN4O2S/c1-19-24(18-22-9-6-10-23(26)17-22)25(28-20(2)27-19)29-12-14-30(15-13-29)33(31,32)16-11-21-7-4-3-5-8-21/h3-11,16-17H,12-15,18H2,1-2H3. The summed E-state index contributed by atoms with van der Waals surface area (Å²) in [5.41, 5.74) is 3.47. The number of piperazine rings is 1. The lowest BCUT2D eigenvalue weighted by atomic mass is 10.0. The zero-order chi connectivity index (χ0) is 23.4. The maximum absolute atomic E-state index is 13.7. The molecule has 0 amide bonds. The smallest absolute Gasteiger partial charge is 0.236 e. The molecule has 4 rings (SSSR count). The summed E-state index contributed by atoms with van der Waals surface area (Å²) < 4.78 is 40.8. The molecule has 0 bridgehead atoms. The fourth-order valence-corrected chi connectivity index (χ4v) is 5.18. The lowest BCUT2D eigenvalue weighted by molar-refractivity contribution is 0.388. The molecular formula is C25H27FN4O2S. The molecule has 1 aliphatic rings. The van der Waals surface area contributed by atoms with Crippen LogP contribution in [0.3, 0.4) is 0 Å². The van der Waals surface area contributed by atoms with E-state index in [1.807, 2.05) is 50.2 Å². The first-order valence-corrected chi connectivity index (χ1v) is 12.4. The third-order valence-corrected chi connectivity index (χ3v) is 7.27. The van der Waals surface area contributed by atoms with E-state index in [1.54, 1.807) is 12.1 Å². The Kier molecular flexibility index (Phi) is 6.85. The largest absolute Gasteiger partial charge is 0.354 e. The Hall–Kier alpha value is -3.10. The maximum atomic E-state index is 13.7. The molecule has 1 aliphatic heterocycles. The van der Waals surface area contributed by atoms with Crippen LogP contribution < -0.4 is 4.90 Å². The third kappa shape index (κ3) is 5.64. The lowest BCUT2D eigenvalue weighted by Gasteiger charge is -2.35. The number of nitrogens with zero attached hydrogens (tertiary/aromatic N) is 4. The highest BCUT2D eigenvalue weighted by molar-refractivity contribution is 7.92. The number of aryl methyl sites for hydroxylation is 2. The first kappa shape index (κ1) is 23.1. The van der Waals surface area contributed by atoms with E-state index in [0.717, 1.165) is 28.2 Å². The number of benzene rings is 2. The summed E-state index contributed by atoms with van der Waals surface area (Å²) in [6, 6.07) is 15.9. The van der Waals surface area contributed by atoms with Crippen LogP contribution >= 0.6 is 0 Å². The van der Waals surface area contributed by atoms with Gasteiger partial charge in [0.15, 0.2) is 0 Å². The van der Waals surface area contributed by atoms with Crippen LogP contribution in [0.1, 0.15) is 28.2 Å². The Morgan fingerprint density at radius 3 is 2.39 bits per heavy atom. The minimum Gasteiger partial charge on any atom is -0.354 e. The van der Waals surface area contributed by atoms with Gasteiger partial charge in [0, 0.05) is 49.3 Å². The molecule has 1 saturated heterocycles. The second-order valence-corrected chi connectivity index (χ2v) is 9.93. The van der Waals surface area contributed by atoms with Gasteiger partial charge in [0.05, 0.1) is 0 Å². The normalized spacial score (nSPS) is 15.3. The average molecular weight is 467 g/mol. The molecule has 0 spiro atoms. The number of aromatic nitrogens is 2. The van der Waals surface area contributed by atoms with Gasteiger partial charge in [-0.25, -0.2) is 22.8 Å². The van der Waals surface area contributed by atoms with Gasteiger partial charge >= 0.3 is 0 Å². The van der Waals surface area contributed by atoms with E-state index in [0.29, 0.717) is 38.4 Å². The highest BCUT2D eigenvalue weighted by Crippen LogP contribution is 2.26. The molecular weight excluding hydrogens is 439 g/mol. The Morgan fingerprint density at radius 2 is 1.70 bits per heavy atom. The number of hydrogen-bond acceptors (Lipinski definition) is 5. The zero-order valence-electron chi connectivity index (χ0n) is 18.8. The minimum absolute atomic E-state index is 0.276. The quantitative estimate of drug-likeness (QED) is 0.550. The minimum atomic E-state index is -3.52. The highest BCUT2D eigenvalue weighted by atomic mass is 32.2. The SMILES string of the molecule is Cc1nc(C)c(Cc2cccc(F)c2)c(N2CCN(S(=O)(=O)C=Cc3ccccc3)CC2)n1. The van der Waals surface area contributed by atoms with Crippen molar-refractivity contribution in [3.63, 3.8) is 0 Å². The van der Waals surface area contributed by atoms with E-state index in [1.165, 1.54) is 21.8 Å². The number of anilines is 1. The topological polar surface area (TPSA) is 66.4 Å². The molecule has 33 heavy (non-hydrogen) atoms. The average Bonchev–Trinajstić information content (AvgIpc) is 2.80. The summed E-state index contributed by atoms with van der Waals surface area (Å²) in [6.45, 7) is 5.54. The molecule has 0 saturated carbocycles. The van der Waals surface area contributed by atoms with Crippen molar-refractivity contribution in [1.82, 2.24) is 14.3 Å². The molecule has 1 aromatic heterocycles. The van der Waals surface area contributed by atoms with Crippen molar-refractivity contribution in [1.29, 1.82) is 0 Å². The highest BCUT2D eigenvalue weighted by Gasteiger charge is 2.27. The molecule has 0 unspecified atom stereocenters. The van der Waals surface area contributed by atoms with Crippen LogP contribution in [0.15, 0.2) is 60.0 Å². The summed E-state index contributed by atoms with van der Waals surface area (Å²) in [4.78, 5) is 11.3. The van der Waals surface area contributed by atoms with Crippen molar-refractivity contribution in [2.24, 2.45) is 0 Å². The van der Waals surface area contributed by atoms with Gasteiger partial charge in [-0.3, -0.25) is 0 Å². The summed E-state index contributed by atoms with van der Waals surface area (Å²) in [5, 5.41) is 1.27.